The topological polar surface area (TPSA) is 114 Å². The molecule has 7 rings (SSSR count). The highest BCUT2D eigenvalue weighted by Crippen LogP contribution is 2.47. The summed E-state index contributed by atoms with van der Waals surface area (Å²) >= 11 is 0. The quantitative estimate of drug-likeness (QED) is 0.113. The maximum absolute atomic E-state index is 13.8. The second-order valence-electron chi connectivity index (χ2n) is 14.8. The summed E-state index contributed by atoms with van der Waals surface area (Å²) in [7, 11) is 0. The number of nitrogens with one attached hydrogen (secondary N) is 2. The van der Waals surface area contributed by atoms with Crippen LogP contribution < -0.4 is 20.1 Å². The Morgan fingerprint density at radius 2 is 1.12 bits per heavy atom. The predicted molar refractivity (Wildman–Crippen MR) is 211 cm³/mol. The molecule has 0 aromatic heterocycles. The van der Waals surface area contributed by atoms with Gasteiger partial charge in [-0.3, -0.25) is 9.59 Å². The smallest absolute Gasteiger partial charge is 0.251 e. The van der Waals surface area contributed by atoms with Gasteiger partial charge in [0.1, 0.15) is 36.9 Å². The van der Waals surface area contributed by atoms with Crippen LogP contribution in [0.4, 0.5) is 0 Å². The molecule has 2 N–H and O–H groups in total. The third-order valence-corrected chi connectivity index (χ3v) is 9.72. The van der Waals surface area contributed by atoms with Gasteiger partial charge in [-0.05, 0) is 91.9 Å². The molecule has 5 aromatic carbocycles. The van der Waals surface area contributed by atoms with Crippen LogP contribution >= 0.6 is 0 Å². The van der Waals surface area contributed by atoms with E-state index in [1.807, 2.05) is 143 Å². The molecule has 2 saturated heterocycles. The van der Waals surface area contributed by atoms with Gasteiger partial charge in [-0.1, -0.05) is 91.0 Å². The Bertz CT molecular complexity index is 2110. The Morgan fingerprint density at radius 3 is 1.64 bits per heavy atom. The van der Waals surface area contributed by atoms with E-state index < -0.39 is 29.9 Å². The maximum atomic E-state index is 13.8. The second-order valence-corrected chi connectivity index (χ2v) is 14.8. The first-order chi connectivity index (χ1) is 27.0. The van der Waals surface area contributed by atoms with Crippen LogP contribution in [0, 0.1) is 13.8 Å². The molecule has 2 aliphatic heterocycles. The molecule has 2 heterocycles. The average Bonchev–Trinajstić information content (AvgIpc) is 3.64. The Kier molecular flexibility index (Phi) is 11.8. The minimum atomic E-state index is -1.25. The van der Waals surface area contributed by atoms with Crippen LogP contribution in [0.2, 0.25) is 0 Å². The van der Waals surface area contributed by atoms with Crippen LogP contribution in [0.1, 0.15) is 62.4 Å². The normalized spacial score (nSPS) is 20.9. The van der Waals surface area contributed by atoms with Crippen LogP contribution in [0.25, 0.3) is 0 Å². The molecule has 0 saturated carbocycles. The van der Waals surface area contributed by atoms with Crippen LogP contribution in [0.3, 0.4) is 0 Å². The Morgan fingerprint density at radius 1 is 0.643 bits per heavy atom. The molecule has 2 amide bonds. The Labute approximate surface area is 328 Å². The molecule has 0 bridgehead atoms. The third kappa shape index (κ3) is 9.46. The lowest BCUT2D eigenvalue weighted by Crippen LogP contribution is -2.56. The van der Waals surface area contributed by atoms with E-state index in [1.54, 1.807) is 12.1 Å². The molecular weight excluding hydrogens is 709 g/mol. The zero-order valence-corrected chi connectivity index (χ0v) is 32.2. The lowest BCUT2D eigenvalue weighted by atomic mass is 9.94. The molecule has 5 aromatic rings. The van der Waals surface area contributed by atoms with Crippen molar-refractivity contribution in [3.63, 3.8) is 0 Å². The number of benzene rings is 5. The lowest BCUT2D eigenvalue weighted by molar-refractivity contribution is -0.260. The van der Waals surface area contributed by atoms with Gasteiger partial charge in [-0.2, -0.15) is 0 Å². The predicted octanol–water partition coefficient (Wildman–Crippen LogP) is 7.45. The van der Waals surface area contributed by atoms with Crippen molar-refractivity contribution in [1.29, 1.82) is 0 Å². The fourth-order valence-corrected chi connectivity index (χ4v) is 7.19. The number of hydrogen-bond donors (Lipinski definition) is 2. The highest BCUT2D eigenvalue weighted by molar-refractivity contribution is 5.95. The summed E-state index contributed by atoms with van der Waals surface area (Å²) in [6, 6.07) is 40.3. The van der Waals surface area contributed by atoms with Gasteiger partial charge in [-0.15, -0.1) is 0 Å². The summed E-state index contributed by atoms with van der Waals surface area (Å²) in [5.41, 5.74) is 4.41. The van der Waals surface area contributed by atoms with Crippen LogP contribution in [-0.4, -0.2) is 54.8 Å². The first-order valence-electron chi connectivity index (χ1n) is 18.9. The van der Waals surface area contributed by atoms with Gasteiger partial charge in [0.05, 0.1) is 13.2 Å². The van der Waals surface area contributed by atoms with Gasteiger partial charge in [0.2, 0.25) is 0 Å². The highest BCUT2D eigenvalue weighted by Gasteiger charge is 2.66. The molecule has 4 atom stereocenters. The molecule has 0 spiro atoms. The zero-order chi connectivity index (χ0) is 39.1. The largest absolute Gasteiger partial charge is 0.489 e. The first-order valence-corrected chi connectivity index (χ1v) is 18.9. The summed E-state index contributed by atoms with van der Waals surface area (Å²) in [5.74, 6) is -0.471. The van der Waals surface area contributed by atoms with Gasteiger partial charge in [0.15, 0.2) is 17.7 Å². The minimum Gasteiger partial charge on any atom is -0.489 e. The van der Waals surface area contributed by atoms with Gasteiger partial charge in [-0.25, -0.2) is 0 Å². The van der Waals surface area contributed by atoms with Crippen molar-refractivity contribution in [3.05, 3.63) is 166 Å². The van der Waals surface area contributed by atoms with Crippen molar-refractivity contribution in [2.75, 3.05) is 13.1 Å². The molecule has 2 fully saturated rings. The average molecular weight is 757 g/mol. The molecule has 290 valence electrons. The maximum Gasteiger partial charge on any atom is 0.251 e. The molecule has 10 nitrogen and oxygen atoms in total. The first kappa shape index (κ1) is 38.7. The number of amides is 2. The number of carbonyl (C=O) groups is 2. The molecule has 56 heavy (non-hydrogen) atoms. The van der Waals surface area contributed by atoms with E-state index in [0.717, 1.165) is 27.8 Å². The van der Waals surface area contributed by atoms with Crippen molar-refractivity contribution in [3.8, 4) is 11.5 Å². The highest BCUT2D eigenvalue weighted by atomic mass is 16.8. The van der Waals surface area contributed by atoms with Crippen molar-refractivity contribution in [2.24, 2.45) is 0 Å². The number of hydrogen-bond acceptors (Lipinski definition) is 8. The SMILES string of the molecule is Cc1cc(OCc2ccccc2)cc(C(=O)NC[C@H]2O[C@@H](OCc3ccccc3)[C@]3(CNC(=O)c4cc(C)cc(OCc5ccccc5)c4)OC(C)(C)O[C@H]23)c1. The second kappa shape index (κ2) is 17.1. The lowest BCUT2D eigenvalue weighted by Gasteiger charge is -2.33. The number of rotatable bonds is 15. The Hall–Kier alpha value is -5.52. The monoisotopic (exact) mass is 756 g/mol. The summed E-state index contributed by atoms with van der Waals surface area (Å²) in [6.45, 7) is 8.57. The van der Waals surface area contributed by atoms with E-state index in [9.17, 15) is 9.59 Å². The molecular formula is C46H48N2O8. The van der Waals surface area contributed by atoms with Gasteiger partial charge < -0.3 is 39.1 Å². The van der Waals surface area contributed by atoms with Crippen LogP contribution in [-0.2, 0) is 38.8 Å². The molecule has 0 aliphatic carbocycles. The van der Waals surface area contributed by atoms with Gasteiger partial charge in [0.25, 0.3) is 11.8 Å². The van der Waals surface area contributed by atoms with Crippen LogP contribution in [0.15, 0.2) is 127 Å². The summed E-state index contributed by atoms with van der Waals surface area (Å²) in [6.07, 6.45) is -2.33. The van der Waals surface area contributed by atoms with Gasteiger partial charge in [0, 0.05) is 17.7 Å². The molecule has 2 aliphatic rings. The number of ether oxygens (including phenoxy) is 6. The number of fused-ring (bicyclic) bond motifs is 1. The van der Waals surface area contributed by atoms with E-state index in [4.69, 9.17) is 28.4 Å². The van der Waals surface area contributed by atoms with Crippen LogP contribution in [0.5, 0.6) is 11.5 Å². The fraction of sp³-hybridized carbons (Fsp3) is 0.304. The zero-order valence-electron chi connectivity index (χ0n) is 32.2. The van der Waals surface area contributed by atoms with Crippen molar-refractivity contribution < 1.29 is 38.0 Å². The summed E-state index contributed by atoms with van der Waals surface area (Å²) in [5, 5.41) is 6.12. The van der Waals surface area contributed by atoms with E-state index in [2.05, 4.69) is 10.6 Å². The molecule has 10 heteroatoms. The molecule has 0 radical (unpaired) electrons. The van der Waals surface area contributed by atoms with Crippen molar-refractivity contribution >= 4 is 11.8 Å². The number of aryl methyl sites for hydroxylation is 2. The van der Waals surface area contributed by atoms with Gasteiger partial charge >= 0.3 is 0 Å². The number of carbonyl (C=O) groups excluding carboxylic acids is 2. The molecule has 0 unspecified atom stereocenters. The van der Waals surface area contributed by atoms with Crippen molar-refractivity contribution in [1.82, 2.24) is 10.6 Å². The van der Waals surface area contributed by atoms with E-state index in [0.29, 0.717) is 35.8 Å². The summed E-state index contributed by atoms with van der Waals surface area (Å²) in [4.78, 5) is 27.5. The van der Waals surface area contributed by atoms with E-state index in [1.165, 1.54) is 0 Å². The third-order valence-electron chi connectivity index (χ3n) is 9.72. The standard InChI is InChI=1S/C46H48N2O8/c1-31-20-36(24-38(22-31)51-27-33-14-8-5-9-15-33)42(49)47-26-40-41-46(56-45(3,4)55-41,44(54-40)53-29-35-18-12-7-13-19-35)30-48-43(50)37-21-32(2)23-39(25-37)52-28-34-16-10-6-11-17-34/h5-25,40-41,44H,26-30H2,1-4H3,(H,47,49)(H,48,50)/t40-,41-,44-,46-/m1/s1. The van der Waals surface area contributed by atoms with Crippen molar-refractivity contribution in [2.45, 2.75) is 77.4 Å². The Balaban J connectivity index is 1.07. The van der Waals surface area contributed by atoms with E-state index in [-0.39, 0.29) is 31.5 Å². The minimum absolute atomic E-state index is 0.0119. The fourth-order valence-electron chi connectivity index (χ4n) is 7.19. The summed E-state index contributed by atoms with van der Waals surface area (Å²) < 4.78 is 38.2. The van der Waals surface area contributed by atoms with E-state index >= 15 is 0 Å².